The van der Waals surface area contributed by atoms with Gasteiger partial charge in [0.15, 0.2) is 0 Å². The second-order valence-electron chi connectivity index (χ2n) is 8.94. The molecule has 0 bridgehead atoms. The number of hydrogen-bond acceptors (Lipinski definition) is 5. The van der Waals surface area contributed by atoms with Gasteiger partial charge in [0.05, 0.1) is 28.8 Å². The largest absolute Gasteiger partial charge is 0.272 e. The molecule has 0 saturated heterocycles. The average molecular weight is 463 g/mol. The van der Waals surface area contributed by atoms with Crippen molar-refractivity contribution in [3.63, 3.8) is 0 Å². The van der Waals surface area contributed by atoms with Crippen LogP contribution in [0.2, 0.25) is 0 Å². The fourth-order valence-corrected chi connectivity index (χ4v) is 4.93. The number of carbonyl (C=O) groups excluding carboxylic acids is 2. The molecule has 6 rings (SSSR count). The van der Waals surface area contributed by atoms with E-state index in [9.17, 15) is 14.4 Å². The van der Waals surface area contributed by atoms with E-state index in [0.717, 1.165) is 29.5 Å². The van der Waals surface area contributed by atoms with Crippen molar-refractivity contribution in [2.45, 2.75) is 32.2 Å². The molecule has 7 heteroatoms. The molecule has 7 nitrogen and oxygen atoms in total. The highest BCUT2D eigenvalue weighted by Crippen LogP contribution is 2.31. The van der Waals surface area contributed by atoms with E-state index in [-0.39, 0.29) is 23.9 Å². The molecule has 172 valence electrons. The Hall–Kier alpha value is -4.39. The molecule has 1 aliphatic heterocycles. The van der Waals surface area contributed by atoms with E-state index in [1.807, 2.05) is 18.3 Å². The maximum absolute atomic E-state index is 12.9. The predicted molar refractivity (Wildman–Crippen MR) is 133 cm³/mol. The number of benzene rings is 2. The van der Waals surface area contributed by atoms with Crippen LogP contribution in [0.1, 0.15) is 57.7 Å². The maximum atomic E-state index is 12.9. The van der Waals surface area contributed by atoms with Gasteiger partial charge in [-0.25, -0.2) is 5.10 Å². The van der Waals surface area contributed by atoms with Crippen LogP contribution in [0.3, 0.4) is 0 Å². The summed E-state index contributed by atoms with van der Waals surface area (Å²) >= 11 is 0. The molecule has 0 spiro atoms. The molecular weight excluding hydrogens is 440 g/mol. The van der Waals surface area contributed by atoms with Gasteiger partial charge < -0.3 is 0 Å². The van der Waals surface area contributed by atoms with Gasteiger partial charge in [-0.2, -0.15) is 5.10 Å². The summed E-state index contributed by atoms with van der Waals surface area (Å²) in [6.45, 7) is -0.0335. The standard InChI is InChI=1S/C28H22N4O3/c33-26-21-11-10-18(20-12-19(14-29-15-20)17-6-2-1-3-7-17)13-24(21)25(30-31-26)16-32-27(34)22-8-4-5-9-23(22)28(32)35/h4-6,8-15H,1-3,7,16H2,(H,31,33). The minimum atomic E-state index is -0.361. The number of hydrogen-bond donors (Lipinski definition) is 1. The van der Waals surface area contributed by atoms with Crippen LogP contribution < -0.4 is 5.56 Å². The van der Waals surface area contributed by atoms with E-state index >= 15 is 0 Å². The van der Waals surface area contributed by atoms with E-state index in [1.165, 1.54) is 23.3 Å². The molecule has 35 heavy (non-hydrogen) atoms. The van der Waals surface area contributed by atoms with Crippen LogP contribution in [-0.2, 0) is 6.54 Å². The van der Waals surface area contributed by atoms with Crippen LogP contribution in [-0.4, -0.2) is 31.9 Å². The summed E-state index contributed by atoms with van der Waals surface area (Å²) in [7, 11) is 0. The Bertz CT molecular complexity index is 1570. The van der Waals surface area contributed by atoms with E-state index in [0.29, 0.717) is 27.6 Å². The Balaban J connectivity index is 1.40. The predicted octanol–water partition coefficient (Wildman–Crippen LogP) is 4.74. The second kappa shape index (κ2) is 8.43. The summed E-state index contributed by atoms with van der Waals surface area (Å²) in [5.41, 5.74) is 5.14. The van der Waals surface area contributed by atoms with Crippen molar-refractivity contribution in [1.82, 2.24) is 20.1 Å². The van der Waals surface area contributed by atoms with Gasteiger partial charge in [-0.15, -0.1) is 0 Å². The number of carbonyl (C=O) groups is 2. The first kappa shape index (κ1) is 21.2. The summed E-state index contributed by atoms with van der Waals surface area (Å²) in [6, 6.07) is 14.4. The average Bonchev–Trinajstić information content (AvgIpc) is 3.15. The smallest absolute Gasteiger partial charge is 0.269 e. The number of amides is 2. The van der Waals surface area contributed by atoms with E-state index in [4.69, 9.17) is 0 Å². The van der Waals surface area contributed by atoms with Gasteiger partial charge in [-0.05, 0) is 72.7 Å². The summed E-state index contributed by atoms with van der Waals surface area (Å²) in [4.78, 5) is 43.9. The quantitative estimate of drug-likeness (QED) is 0.442. The molecule has 1 aliphatic carbocycles. The number of nitrogens with zero attached hydrogens (tertiary/aromatic N) is 3. The number of imide groups is 1. The molecule has 2 aromatic carbocycles. The maximum Gasteiger partial charge on any atom is 0.272 e. The van der Waals surface area contributed by atoms with Crippen molar-refractivity contribution in [2.75, 3.05) is 0 Å². The van der Waals surface area contributed by atoms with Crippen LogP contribution in [0.5, 0.6) is 0 Å². The molecule has 0 saturated carbocycles. The molecule has 0 fully saturated rings. The minimum absolute atomic E-state index is 0.0335. The van der Waals surface area contributed by atoms with Gasteiger partial charge in [0.25, 0.3) is 17.4 Å². The monoisotopic (exact) mass is 462 g/mol. The van der Waals surface area contributed by atoms with Crippen molar-refractivity contribution in [3.8, 4) is 11.1 Å². The number of aromatic nitrogens is 3. The van der Waals surface area contributed by atoms with E-state index < -0.39 is 0 Å². The summed E-state index contributed by atoms with van der Waals surface area (Å²) in [5, 5.41) is 7.78. The summed E-state index contributed by atoms with van der Waals surface area (Å²) < 4.78 is 0. The molecule has 2 amide bonds. The SMILES string of the molecule is O=C1c2ccccc2C(=O)N1Cc1n[nH]c(=O)c2ccc(-c3cncc(C4=CCCCC4)c3)cc12. The highest BCUT2D eigenvalue weighted by Gasteiger charge is 2.35. The number of rotatable bonds is 4. The molecular formula is C28H22N4O3. The van der Waals surface area contributed by atoms with Crippen molar-refractivity contribution in [2.24, 2.45) is 0 Å². The topological polar surface area (TPSA) is 96.0 Å². The summed E-state index contributed by atoms with van der Waals surface area (Å²) in [5.74, 6) is -0.721. The van der Waals surface area contributed by atoms with E-state index in [1.54, 1.807) is 36.5 Å². The zero-order chi connectivity index (χ0) is 23.9. The van der Waals surface area contributed by atoms with Gasteiger partial charge in [0.1, 0.15) is 0 Å². The highest BCUT2D eigenvalue weighted by atomic mass is 16.2. The van der Waals surface area contributed by atoms with Crippen molar-refractivity contribution < 1.29 is 9.59 Å². The molecule has 2 aromatic heterocycles. The van der Waals surface area contributed by atoms with Gasteiger partial charge in [0.2, 0.25) is 0 Å². The lowest BCUT2D eigenvalue weighted by atomic mass is 9.93. The zero-order valence-electron chi connectivity index (χ0n) is 19.0. The number of pyridine rings is 1. The molecule has 2 aliphatic rings. The number of fused-ring (bicyclic) bond motifs is 2. The zero-order valence-corrected chi connectivity index (χ0v) is 19.0. The number of allylic oxidation sites excluding steroid dienone is 2. The number of aromatic amines is 1. The van der Waals surface area contributed by atoms with Crippen LogP contribution in [0.4, 0.5) is 0 Å². The van der Waals surface area contributed by atoms with Crippen molar-refractivity contribution in [1.29, 1.82) is 0 Å². The Morgan fingerprint density at radius 3 is 2.34 bits per heavy atom. The first-order valence-corrected chi connectivity index (χ1v) is 11.7. The Morgan fingerprint density at radius 1 is 0.829 bits per heavy atom. The fourth-order valence-electron chi connectivity index (χ4n) is 4.93. The molecule has 0 atom stereocenters. The number of nitrogens with one attached hydrogen (secondary N) is 1. The van der Waals surface area contributed by atoms with Crippen molar-refractivity contribution in [3.05, 3.63) is 99.7 Å². The fraction of sp³-hybridized carbons (Fsp3) is 0.179. The Labute approximate surface area is 201 Å². The van der Waals surface area contributed by atoms with Gasteiger partial charge in [0, 0.05) is 23.3 Å². The molecule has 0 radical (unpaired) electrons. The minimum Gasteiger partial charge on any atom is -0.269 e. The normalized spacial score (nSPS) is 15.4. The van der Waals surface area contributed by atoms with Crippen LogP contribution in [0, 0.1) is 0 Å². The lowest BCUT2D eigenvalue weighted by Gasteiger charge is -2.15. The summed E-state index contributed by atoms with van der Waals surface area (Å²) in [6.07, 6.45) is 10.5. The molecule has 0 unspecified atom stereocenters. The third kappa shape index (κ3) is 3.65. The van der Waals surface area contributed by atoms with Gasteiger partial charge in [-0.1, -0.05) is 24.3 Å². The Morgan fingerprint density at radius 2 is 1.60 bits per heavy atom. The lowest BCUT2D eigenvalue weighted by molar-refractivity contribution is 0.0640. The number of H-pyrrole nitrogens is 1. The third-order valence-corrected chi connectivity index (χ3v) is 6.79. The molecule has 4 aromatic rings. The van der Waals surface area contributed by atoms with Crippen molar-refractivity contribution >= 4 is 28.2 Å². The van der Waals surface area contributed by atoms with Gasteiger partial charge in [-0.3, -0.25) is 24.3 Å². The highest BCUT2D eigenvalue weighted by molar-refractivity contribution is 6.21. The first-order valence-electron chi connectivity index (χ1n) is 11.7. The lowest BCUT2D eigenvalue weighted by Crippen LogP contribution is -2.30. The Kier molecular flexibility index (Phi) is 5.10. The third-order valence-electron chi connectivity index (χ3n) is 6.79. The van der Waals surface area contributed by atoms with E-state index in [2.05, 4.69) is 27.3 Å². The molecule has 3 heterocycles. The van der Waals surface area contributed by atoms with Crippen LogP contribution >= 0.6 is 0 Å². The molecule has 1 N–H and O–H groups in total. The van der Waals surface area contributed by atoms with Crippen LogP contribution in [0.15, 0.2) is 71.8 Å². The van der Waals surface area contributed by atoms with Crippen LogP contribution in [0.25, 0.3) is 27.5 Å². The second-order valence-corrected chi connectivity index (χ2v) is 8.94. The first-order chi connectivity index (χ1) is 17.1. The van der Waals surface area contributed by atoms with Gasteiger partial charge >= 0.3 is 0 Å².